The molecule has 1 heterocycles. The van der Waals surface area contributed by atoms with Crippen molar-refractivity contribution in [1.82, 2.24) is 0 Å². The van der Waals surface area contributed by atoms with Gasteiger partial charge in [-0.1, -0.05) is 12.1 Å². The van der Waals surface area contributed by atoms with E-state index in [0.29, 0.717) is 0 Å². The number of anilines is 1. The van der Waals surface area contributed by atoms with Crippen LogP contribution in [0.4, 0.5) is 5.69 Å². The van der Waals surface area contributed by atoms with Gasteiger partial charge in [0.25, 0.3) is 0 Å². The standard InChI is InChI=1S/C12H16N2O/c1-12(2,11(13)15)9-3-4-10-8(7-9)5-6-14-10/h3-4,7,14H,5-6H2,1-2H3,(H2,13,15). The summed E-state index contributed by atoms with van der Waals surface area (Å²) in [5.41, 5.74) is 8.26. The summed E-state index contributed by atoms with van der Waals surface area (Å²) in [6.07, 6.45) is 1.03. The van der Waals surface area contributed by atoms with Crippen LogP contribution in [0.1, 0.15) is 25.0 Å². The molecule has 0 aliphatic carbocycles. The van der Waals surface area contributed by atoms with Gasteiger partial charge in [-0.05, 0) is 37.5 Å². The Morgan fingerprint density at radius 3 is 2.87 bits per heavy atom. The monoisotopic (exact) mass is 204 g/mol. The zero-order chi connectivity index (χ0) is 11.1. The molecule has 0 bridgehead atoms. The van der Waals surface area contributed by atoms with Crippen LogP contribution in [0.2, 0.25) is 0 Å². The predicted molar refractivity (Wildman–Crippen MR) is 60.9 cm³/mol. The van der Waals surface area contributed by atoms with E-state index in [1.165, 1.54) is 11.3 Å². The van der Waals surface area contributed by atoms with Crippen LogP contribution in [0, 0.1) is 0 Å². The number of benzene rings is 1. The van der Waals surface area contributed by atoms with Crippen molar-refractivity contribution in [2.24, 2.45) is 5.73 Å². The molecule has 1 aromatic rings. The van der Waals surface area contributed by atoms with E-state index < -0.39 is 5.41 Å². The first-order valence-electron chi connectivity index (χ1n) is 5.19. The fourth-order valence-electron chi connectivity index (χ4n) is 1.84. The van der Waals surface area contributed by atoms with E-state index in [1.54, 1.807) is 0 Å². The number of amides is 1. The maximum Gasteiger partial charge on any atom is 0.227 e. The Bertz CT molecular complexity index is 410. The molecule has 0 aromatic heterocycles. The molecule has 1 aliphatic heterocycles. The minimum Gasteiger partial charge on any atom is -0.384 e. The fourth-order valence-corrected chi connectivity index (χ4v) is 1.84. The maximum atomic E-state index is 11.3. The van der Waals surface area contributed by atoms with E-state index in [1.807, 2.05) is 26.0 Å². The van der Waals surface area contributed by atoms with Crippen molar-refractivity contribution in [3.05, 3.63) is 29.3 Å². The highest BCUT2D eigenvalue weighted by molar-refractivity contribution is 5.86. The smallest absolute Gasteiger partial charge is 0.227 e. The largest absolute Gasteiger partial charge is 0.384 e. The molecule has 15 heavy (non-hydrogen) atoms. The number of primary amides is 1. The number of hydrogen-bond donors (Lipinski definition) is 2. The van der Waals surface area contributed by atoms with Crippen LogP contribution in [0.25, 0.3) is 0 Å². The van der Waals surface area contributed by atoms with Crippen molar-refractivity contribution >= 4 is 11.6 Å². The van der Waals surface area contributed by atoms with Gasteiger partial charge in [0.15, 0.2) is 0 Å². The average Bonchev–Trinajstić information content (AvgIpc) is 2.63. The van der Waals surface area contributed by atoms with Gasteiger partial charge in [0.2, 0.25) is 5.91 Å². The zero-order valence-electron chi connectivity index (χ0n) is 9.13. The topological polar surface area (TPSA) is 55.1 Å². The second-order valence-electron chi connectivity index (χ2n) is 4.54. The van der Waals surface area contributed by atoms with Crippen LogP contribution in [-0.4, -0.2) is 12.5 Å². The molecule has 0 atom stereocenters. The number of carbonyl (C=O) groups excluding carboxylic acids is 1. The summed E-state index contributed by atoms with van der Waals surface area (Å²) >= 11 is 0. The van der Waals surface area contributed by atoms with E-state index in [9.17, 15) is 4.79 Å². The number of rotatable bonds is 2. The summed E-state index contributed by atoms with van der Waals surface area (Å²) in [6.45, 7) is 4.70. The first-order valence-corrected chi connectivity index (χ1v) is 5.19. The van der Waals surface area contributed by atoms with Gasteiger partial charge in [-0.2, -0.15) is 0 Å². The molecule has 1 aliphatic rings. The minimum atomic E-state index is -0.586. The molecule has 0 unspecified atom stereocenters. The Morgan fingerprint density at radius 2 is 2.20 bits per heavy atom. The van der Waals surface area contributed by atoms with Gasteiger partial charge < -0.3 is 11.1 Å². The summed E-state index contributed by atoms with van der Waals surface area (Å²) in [5.74, 6) is -0.284. The normalized spacial score (nSPS) is 14.5. The van der Waals surface area contributed by atoms with E-state index in [-0.39, 0.29) is 5.91 Å². The summed E-state index contributed by atoms with van der Waals surface area (Å²) in [4.78, 5) is 11.3. The average molecular weight is 204 g/mol. The van der Waals surface area contributed by atoms with Crippen LogP contribution < -0.4 is 11.1 Å². The van der Waals surface area contributed by atoms with Gasteiger partial charge in [-0.3, -0.25) is 4.79 Å². The molecule has 0 saturated carbocycles. The molecule has 0 spiro atoms. The Labute approximate surface area is 89.7 Å². The van der Waals surface area contributed by atoms with E-state index >= 15 is 0 Å². The van der Waals surface area contributed by atoms with Gasteiger partial charge >= 0.3 is 0 Å². The molecule has 0 saturated heterocycles. The summed E-state index contributed by atoms with van der Waals surface area (Å²) in [7, 11) is 0. The summed E-state index contributed by atoms with van der Waals surface area (Å²) in [6, 6.07) is 6.09. The van der Waals surface area contributed by atoms with Gasteiger partial charge in [-0.15, -0.1) is 0 Å². The first kappa shape index (κ1) is 10.0. The second-order valence-corrected chi connectivity index (χ2v) is 4.54. The SMILES string of the molecule is CC(C)(C(N)=O)c1ccc2c(c1)CCN2. The number of fused-ring (bicyclic) bond motifs is 1. The van der Waals surface area contributed by atoms with Crippen molar-refractivity contribution in [1.29, 1.82) is 0 Å². The van der Waals surface area contributed by atoms with Crippen molar-refractivity contribution in [2.75, 3.05) is 11.9 Å². The Balaban J connectivity index is 2.42. The highest BCUT2D eigenvalue weighted by Crippen LogP contribution is 2.29. The van der Waals surface area contributed by atoms with Crippen LogP contribution in [0.3, 0.4) is 0 Å². The van der Waals surface area contributed by atoms with Crippen LogP contribution in [0.15, 0.2) is 18.2 Å². The van der Waals surface area contributed by atoms with Crippen molar-refractivity contribution < 1.29 is 4.79 Å². The predicted octanol–water partition coefficient (Wildman–Crippen LogP) is 1.42. The van der Waals surface area contributed by atoms with Gasteiger partial charge in [-0.25, -0.2) is 0 Å². The van der Waals surface area contributed by atoms with E-state index in [0.717, 1.165) is 18.5 Å². The third kappa shape index (κ3) is 1.58. The quantitative estimate of drug-likeness (QED) is 0.765. The lowest BCUT2D eigenvalue weighted by molar-refractivity contribution is -0.122. The fraction of sp³-hybridized carbons (Fsp3) is 0.417. The molecule has 3 N–H and O–H groups in total. The molecule has 0 fully saturated rings. The third-order valence-corrected chi connectivity index (χ3v) is 3.15. The van der Waals surface area contributed by atoms with Crippen molar-refractivity contribution in [3.8, 4) is 0 Å². The van der Waals surface area contributed by atoms with Crippen LogP contribution >= 0.6 is 0 Å². The number of carbonyl (C=O) groups is 1. The Hall–Kier alpha value is -1.51. The Morgan fingerprint density at radius 1 is 1.47 bits per heavy atom. The van der Waals surface area contributed by atoms with E-state index in [2.05, 4.69) is 11.4 Å². The second kappa shape index (κ2) is 3.26. The van der Waals surface area contributed by atoms with Gasteiger partial charge in [0.05, 0.1) is 5.41 Å². The molecule has 3 nitrogen and oxygen atoms in total. The molecule has 0 radical (unpaired) electrons. The van der Waals surface area contributed by atoms with Crippen molar-refractivity contribution in [3.63, 3.8) is 0 Å². The zero-order valence-corrected chi connectivity index (χ0v) is 9.13. The molecule has 1 aromatic carbocycles. The summed E-state index contributed by atoms with van der Waals surface area (Å²) in [5, 5.41) is 3.29. The molecular weight excluding hydrogens is 188 g/mol. The molecule has 2 rings (SSSR count). The number of nitrogens with two attached hydrogens (primary N) is 1. The summed E-state index contributed by atoms with van der Waals surface area (Å²) < 4.78 is 0. The number of nitrogens with one attached hydrogen (secondary N) is 1. The lowest BCUT2D eigenvalue weighted by atomic mass is 9.83. The third-order valence-electron chi connectivity index (χ3n) is 3.15. The lowest BCUT2D eigenvalue weighted by Gasteiger charge is -2.21. The van der Waals surface area contributed by atoms with Crippen molar-refractivity contribution in [2.45, 2.75) is 25.7 Å². The van der Waals surface area contributed by atoms with Gasteiger partial charge in [0.1, 0.15) is 0 Å². The highest BCUT2D eigenvalue weighted by Gasteiger charge is 2.28. The van der Waals surface area contributed by atoms with Gasteiger partial charge in [0, 0.05) is 12.2 Å². The van der Waals surface area contributed by atoms with Crippen LogP contribution in [-0.2, 0) is 16.6 Å². The number of hydrogen-bond acceptors (Lipinski definition) is 2. The maximum absolute atomic E-state index is 11.3. The molecule has 3 heteroatoms. The first-order chi connectivity index (χ1) is 7.01. The Kier molecular flexibility index (Phi) is 2.18. The molecule has 80 valence electrons. The highest BCUT2D eigenvalue weighted by atomic mass is 16.1. The minimum absolute atomic E-state index is 0.284. The van der Waals surface area contributed by atoms with Crippen LogP contribution in [0.5, 0.6) is 0 Å². The van der Waals surface area contributed by atoms with E-state index in [4.69, 9.17) is 5.73 Å². The molecular formula is C12H16N2O. The lowest BCUT2D eigenvalue weighted by Crippen LogP contribution is -2.35. The molecule has 1 amide bonds.